The zero-order valence-electron chi connectivity index (χ0n) is 17.7. The number of carbonyl (C=O) groups excluding carboxylic acids is 1. The van der Waals surface area contributed by atoms with Crippen LogP contribution in [0.5, 0.6) is 5.75 Å². The molecule has 0 bridgehead atoms. The van der Waals surface area contributed by atoms with E-state index in [1.165, 1.54) is 5.56 Å². The van der Waals surface area contributed by atoms with Crippen molar-refractivity contribution in [3.05, 3.63) is 64.7 Å². The Bertz CT molecular complexity index is 892. The third-order valence-corrected chi connectivity index (χ3v) is 5.60. The normalized spacial score (nSPS) is 14.7. The Labute approximate surface area is 183 Å². The average molecular weight is 429 g/mol. The molecule has 160 valence electrons. The van der Waals surface area contributed by atoms with Gasteiger partial charge in [-0.25, -0.2) is 4.99 Å². The summed E-state index contributed by atoms with van der Waals surface area (Å²) < 4.78 is 5.20. The number of halogens is 1. The predicted octanol–water partition coefficient (Wildman–Crippen LogP) is 3.20. The molecule has 3 rings (SSSR count). The molecule has 2 aromatic rings. The molecule has 2 N–H and O–H groups in total. The van der Waals surface area contributed by atoms with Crippen LogP contribution in [0.4, 0.5) is 0 Å². The largest absolute Gasteiger partial charge is 0.497 e. The van der Waals surface area contributed by atoms with Crippen molar-refractivity contribution in [3.8, 4) is 5.75 Å². The maximum Gasteiger partial charge on any atom is 0.241 e. The fraction of sp³-hybridized carbons (Fsp3) is 0.391. The van der Waals surface area contributed by atoms with E-state index in [-0.39, 0.29) is 17.9 Å². The number of aliphatic imine (C=N–C) groups is 1. The molecule has 1 fully saturated rings. The lowest BCUT2D eigenvalue weighted by Gasteiger charge is -2.20. The third-order valence-electron chi connectivity index (χ3n) is 5.37. The van der Waals surface area contributed by atoms with Crippen LogP contribution in [0.25, 0.3) is 0 Å². The Morgan fingerprint density at radius 2 is 1.90 bits per heavy atom. The molecule has 1 aliphatic rings. The lowest BCUT2D eigenvalue weighted by atomic mass is 9.96. The van der Waals surface area contributed by atoms with Gasteiger partial charge in [0.25, 0.3) is 0 Å². The number of benzene rings is 2. The van der Waals surface area contributed by atoms with Gasteiger partial charge >= 0.3 is 0 Å². The quantitative estimate of drug-likeness (QED) is 0.500. The van der Waals surface area contributed by atoms with Gasteiger partial charge in [0, 0.05) is 31.1 Å². The summed E-state index contributed by atoms with van der Waals surface area (Å²) in [4.78, 5) is 18.3. The molecule has 1 saturated carbocycles. The van der Waals surface area contributed by atoms with Crippen LogP contribution in [-0.2, 0) is 16.8 Å². The molecule has 0 spiro atoms. The van der Waals surface area contributed by atoms with E-state index in [2.05, 4.69) is 21.7 Å². The van der Waals surface area contributed by atoms with Crippen LogP contribution >= 0.6 is 11.6 Å². The monoisotopic (exact) mass is 428 g/mol. The summed E-state index contributed by atoms with van der Waals surface area (Å²) in [5.74, 6) is 1.42. The molecule has 0 radical (unpaired) electrons. The molecule has 0 atom stereocenters. The number of rotatable bonds is 8. The first-order valence-electron chi connectivity index (χ1n) is 10.0. The number of nitrogens with one attached hydrogen (secondary N) is 2. The highest BCUT2D eigenvalue weighted by molar-refractivity contribution is 6.30. The molecule has 0 aliphatic heterocycles. The Morgan fingerprint density at radius 1 is 1.17 bits per heavy atom. The second-order valence-corrected chi connectivity index (χ2v) is 8.24. The van der Waals surface area contributed by atoms with E-state index >= 15 is 0 Å². The number of carbonyl (C=O) groups is 1. The fourth-order valence-corrected chi connectivity index (χ4v) is 3.37. The Hall–Kier alpha value is -2.73. The lowest BCUT2D eigenvalue weighted by molar-refractivity contribution is -0.127. The van der Waals surface area contributed by atoms with Crippen molar-refractivity contribution >= 4 is 23.5 Å². The number of methoxy groups -OCH3 is 1. The van der Waals surface area contributed by atoms with Crippen molar-refractivity contribution < 1.29 is 9.53 Å². The highest BCUT2D eigenvalue weighted by Crippen LogP contribution is 2.48. The molecular weight excluding hydrogens is 400 g/mol. The molecule has 0 saturated heterocycles. The lowest BCUT2D eigenvalue weighted by Crippen LogP contribution is -2.45. The summed E-state index contributed by atoms with van der Waals surface area (Å²) >= 11 is 6.19. The molecule has 2 aromatic carbocycles. The number of guanidine groups is 1. The van der Waals surface area contributed by atoms with Gasteiger partial charge < -0.3 is 20.3 Å². The van der Waals surface area contributed by atoms with Crippen molar-refractivity contribution in [3.63, 3.8) is 0 Å². The van der Waals surface area contributed by atoms with E-state index < -0.39 is 0 Å². The van der Waals surface area contributed by atoms with Gasteiger partial charge in [-0.2, -0.15) is 0 Å². The van der Waals surface area contributed by atoms with Gasteiger partial charge in [0.2, 0.25) is 5.91 Å². The van der Waals surface area contributed by atoms with Crippen molar-refractivity contribution in [2.24, 2.45) is 4.99 Å². The summed E-state index contributed by atoms with van der Waals surface area (Å²) in [5.41, 5.74) is 2.37. The Kier molecular flexibility index (Phi) is 7.21. The van der Waals surface area contributed by atoms with Crippen molar-refractivity contribution in [2.45, 2.75) is 24.8 Å². The number of hydrogen-bond donors (Lipinski definition) is 2. The molecule has 1 amide bonds. The minimum Gasteiger partial charge on any atom is -0.497 e. The van der Waals surface area contributed by atoms with E-state index in [1.807, 2.05) is 42.5 Å². The summed E-state index contributed by atoms with van der Waals surface area (Å²) in [6.07, 6.45) is 2.20. The van der Waals surface area contributed by atoms with Crippen LogP contribution in [-0.4, -0.2) is 51.1 Å². The third kappa shape index (κ3) is 5.89. The Morgan fingerprint density at radius 3 is 2.50 bits per heavy atom. The van der Waals surface area contributed by atoms with E-state index in [1.54, 1.807) is 26.1 Å². The van der Waals surface area contributed by atoms with Gasteiger partial charge in [-0.15, -0.1) is 0 Å². The molecule has 6 nitrogen and oxygen atoms in total. The van der Waals surface area contributed by atoms with Crippen molar-refractivity contribution in [1.82, 2.24) is 15.5 Å². The first-order chi connectivity index (χ1) is 14.4. The first-order valence-corrected chi connectivity index (χ1v) is 10.4. The van der Waals surface area contributed by atoms with Crippen LogP contribution in [0, 0.1) is 0 Å². The van der Waals surface area contributed by atoms with Gasteiger partial charge in [-0.05, 0) is 48.2 Å². The number of nitrogens with zero attached hydrogens (tertiary/aromatic N) is 2. The van der Waals surface area contributed by atoms with Gasteiger partial charge in [0.1, 0.15) is 5.75 Å². The van der Waals surface area contributed by atoms with Gasteiger partial charge in [-0.3, -0.25) is 4.79 Å². The summed E-state index contributed by atoms with van der Waals surface area (Å²) in [5, 5.41) is 7.33. The average Bonchev–Trinajstić information content (AvgIpc) is 3.54. The molecule has 1 aliphatic carbocycles. The number of hydrogen-bond acceptors (Lipinski definition) is 3. The maximum absolute atomic E-state index is 12.0. The van der Waals surface area contributed by atoms with Crippen molar-refractivity contribution in [1.29, 1.82) is 0 Å². The molecule has 0 heterocycles. The van der Waals surface area contributed by atoms with Crippen LogP contribution in [0.3, 0.4) is 0 Å². The van der Waals surface area contributed by atoms with Gasteiger partial charge in [-0.1, -0.05) is 35.9 Å². The van der Waals surface area contributed by atoms with Crippen LogP contribution in [0.15, 0.2) is 53.5 Å². The molecule has 0 unspecified atom stereocenters. The number of ether oxygens (including phenoxy) is 1. The molecule has 7 heteroatoms. The smallest absolute Gasteiger partial charge is 0.241 e. The first kappa shape index (κ1) is 22.0. The molecule has 30 heavy (non-hydrogen) atoms. The minimum atomic E-state index is -0.00933. The van der Waals surface area contributed by atoms with Crippen LogP contribution in [0.2, 0.25) is 5.02 Å². The second-order valence-electron chi connectivity index (χ2n) is 7.80. The second kappa shape index (κ2) is 9.85. The topological polar surface area (TPSA) is 66.0 Å². The number of amides is 1. The van der Waals surface area contributed by atoms with E-state index in [0.717, 1.165) is 35.7 Å². The predicted molar refractivity (Wildman–Crippen MR) is 121 cm³/mol. The zero-order valence-corrected chi connectivity index (χ0v) is 18.5. The van der Waals surface area contributed by atoms with Crippen LogP contribution in [0.1, 0.15) is 24.0 Å². The Balaban J connectivity index is 1.67. The minimum absolute atomic E-state index is 0.00933. The van der Waals surface area contributed by atoms with E-state index in [0.29, 0.717) is 12.5 Å². The van der Waals surface area contributed by atoms with Gasteiger partial charge in [0.15, 0.2) is 5.96 Å². The zero-order chi connectivity index (χ0) is 21.6. The summed E-state index contributed by atoms with van der Waals surface area (Å²) in [6.45, 7) is 1.42. The standard InChI is InChI=1S/C23H29ClN4O2/c1-28(2)21(29)15-26-22(25-14-17-7-9-20(30-3)10-8-17)27-16-23(11-12-23)18-5-4-6-19(24)13-18/h4-10,13H,11-12,14-16H2,1-3H3,(H2,25,26,27). The molecular formula is C23H29ClN4O2. The van der Waals surface area contributed by atoms with Crippen LogP contribution < -0.4 is 15.4 Å². The van der Waals surface area contributed by atoms with Crippen molar-refractivity contribution in [2.75, 3.05) is 34.3 Å². The SMILES string of the molecule is COc1ccc(CN=C(NCC(=O)N(C)C)NCC2(c3cccc(Cl)c3)CC2)cc1. The van der Waals surface area contributed by atoms with E-state index in [4.69, 9.17) is 16.3 Å². The van der Waals surface area contributed by atoms with E-state index in [9.17, 15) is 4.79 Å². The summed E-state index contributed by atoms with van der Waals surface area (Å²) in [6, 6.07) is 15.8. The number of likely N-dealkylation sites (N-methyl/N-ethyl adjacent to an activating group) is 1. The maximum atomic E-state index is 12.0. The fourth-order valence-electron chi connectivity index (χ4n) is 3.18. The highest BCUT2D eigenvalue weighted by atomic mass is 35.5. The molecule has 0 aromatic heterocycles. The van der Waals surface area contributed by atoms with Gasteiger partial charge in [0.05, 0.1) is 20.2 Å². The highest BCUT2D eigenvalue weighted by Gasteiger charge is 2.44. The summed E-state index contributed by atoms with van der Waals surface area (Å²) in [7, 11) is 5.13.